The topological polar surface area (TPSA) is 75.9 Å². The van der Waals surface area contributed by atoms with Crippen LogP contribution in [0.5, 0.6) is 5.75 Å². The fourth-order valence-corrected chi connectivity index (χ4v) is 4.69. The molecule has 2 heterocycles. The zero-order valence-corrected chi connectivity index (χ0v) is 17.3. The van der Waals surface area contributed by atoms with Crippen molar-refractivity contribution in [2.45, 2.75) is 39.4 Å². The zero-order valence-electron chi connectivity index (χ0n) is 16.5. The zero-order chi connectivity index (χ0) is 19.8. The molecular weight excluding hydrogens is 366 g/mol. The number of methoxy groups -OCH3 is 1. The highest BCUT2D eigenvalue weighted by Gasteiger charge is 2.35. The summed E-state index contributed by atoms with van der Waals surface area (Å²) in [5, 5.41) is 0. The number of sulfonamides is 1. The fraction of sp³-hybridized carbons (Fsp3) is 0.526. The smallest absolute Gasteiger partial charge is 0.226 e. The van der Waals surface area contributed by atoms with Gasteiger partial charge in [0.1, 0.15) is 11.5 Å². The van der Waals surface area contributed by atoms with Crippen LogP contribution >= 0.6 is 0 Å². The van der Waals surface area contributed by atoms with Gasteiger partial charge in [-0.3, -0.25) is 4.90 Å². The molecule has 0 unspecified atom stereocenters. The van der Waals surface area contributed by atoms with Crippen LogP contribution in [0, 0.1) is 6.92 Å². The van der Waals surface area contributed by atoms with Crippen molar-refractivity contribution in [1.29, 1.82) is 0 Å². The summed E-state index contributed by atoms with van der Waals surface area (Å²) >= 11 is 0. The van der Waals surface area contributed by atoms with Crippen LogP contribution in [0.3, 0.4) is 0 Å². The molecule has 148 valence electrons. The maximum Gasteiger partial charge on any atom is 0.226 e. The Morgan fingerprint density at radius 2 is 1.85 bits per heavy atom. The summed E-state index contributed by atoms with van der Waals surface area (Å²) in [6.07, 6.45) is 1.27. The van der Waals surface area contributed by atoms with Crippen LogP contribution in [0.2, 0.25) is 0 Å². The van der Waals surface area contributed by atoms with Gasteiger partial charge < -0.3 is 9.15 Å². The highest BCUT2D eigenvalue weighted by molar-refractivity contribution is 7.88. The van der Waals surface area contributed by atoms with Crippen molar-refractivity contribution in [3.63, 3.8) is 0 Å². The molecule has 1 aromatic heterocycles. The number of ether oxygens (including phenoxy) is 1. The average molecular weight is 394 g/mol. The van der Waals surface area contributed by atoms with Gasteiger partial charge in [0.2, 0.25) is 15.9 Å². The fourth-order valence-electron chi connectivity index (χ4n) is 3.50. The first-order chi connectivity index (χ1) is 12.7. The van der Waals surface area contributed by atoms with E-state index in [1.165, 1.54) is 6.26 Å². The summed E-state index contributed by atoms with van der Waals surface area (Å²) in [7, 11) is -1.55. The number of nitrogens with zero attached hydrogens (tertiary/aromatic N) is 3. The van der Waals surface area contributed by atoms with Gasteiger partial charge in [-0.25, -0.2) is 13.4 Å². The van der Waals surface area contributed by atoms with Gasteiger partial charge in [0, 0.05) is 37.3 Å². The number of rotatable bonds is 5. The summed E-state index contributed by atoms with van der Waals surface area (Å²) in [5.74, 6) is 2.15. The number of piperazine rings is 1. The van der Waals surface area contributed by atoms with Crippen LogP contribution in [-0.2, 0) is 16.6 Å². The Hall–Kier alpha value is -1.90. The van der Waals surface area contributed by atoms with Crippen LogP contribution in [0.4, 0.5) is 0 Å². The van der Waals surface area contributed by atoms with Crippen LogP contribution in [0.1, 0.15) is 25.3 Å². The summed E-state index contributed by atoms with van der Waals surface area (Å²) < 4.78 is 36.5. The van der Waals surface area contributed by atoms with E-state index in [0.717, 1.165) is 22.8 Å². The van der Waals surface area contributed by atoms with E-state index in [1.807, 2.05) is 38.1 Å². The SMILES string of the molecule is COc1ccc(-c2nc(CN3CCN(S(C)(=O)=O)[C@H](C)[C@H]3C)c(C)o2)cc1. The summed E-state index contributed by atoms with van der Waals surface area (Å²) in [5.41, 5.74) is 1.78. The Labute approximate surface area is 161 Å². The van der Waals surface area contributed by atoms with E-state index in [-0.39, 0.29) is 12.1 Å². The lowest BCUT2D eigenvalue weighted by molar-refractivity contribution is 0.0778. The molecule has 1 saturated heterocycles. The molecule has 0 bridgehead atoms. The molecule has 7 nitrogen and oxygen atoms in total. The predicted molar refractivity (Wildman–Crippen MR) is 104 cm³/mol. The average Bonchev–Trinajstić information content (AvgIpc) is 2.98. The van der Waals surface area contributed by atoms with E-state index in [0.29, 0.717) is 25.5 Å². The molecule has 27 heavy (non-hydrogen) atoms. The second-order valence-electron chi connectivity index (χ2n) is 7.08. The normalized spacial score (nSPS) is 22.1. The molecule has 2 atom stereocenters. The summed E-state index contributed by atoms with van der Waals surface area (Å²) in [6.45, 7) is 7.72. The maximum atomic E-state index is 11.9. The molecule has 3 rings (SSSR count). The largest absolute Gasteiger partial charge is 0.497 e. The molecule has 1 aliphatic heterocycles. The van der Waals surface area contributed by atoms with Gasteiger partial charge >= 0.3 is 0 Å². The highest BCUT2D eigenvalue weighted by Crippen LogP contribution is 2.26. The number of benzene rings is 1. The van der Waals surface area contributed by atoms with Gasteiger partial charge in [-0.2, -0.15) is 4.31 Å². The number of aryl methyl sites for hydroxylation is 1. The van der Waals surface area contributed by atoms with Crippen molar-refractivity contribution < 1.29 is 17.6 Å². The van der Waals surface area contributed by atoms with Gasteiger partial charge in [0.25, 0.3) is 0 Å². The Morgan fingerprint density at radius 1 is 1.19 bits per heavy atom. The predicted octanol–water partition coefficient (Wildman–Crippen LogP) is 2.51. The van der Waals surface area contributed by atoms with Crippen LogP contribution < -0.4 is 4.74 Å². The van der Waals surface area contributed by atoms with Crippen molar-refractivity contribution in [3.8, 4) is 17.2 Å². The van der Waals surface area contributed by atoms with Crippen LogP contribution in [0.15, 0.2) is 28.7 Å². The van der Waals surface area contributed by atoms with Crippen LogP contribution in [-0.4, -0.2) is 61.1 Å². The molecule has 8 heteroatoms. The molecule has 0 aliphatic carbocycles. The van der Waals surface area contributed by atoms with Crippen LogP contribution in [0.25, 0.3) is 11.5 Å². The summed E-state index contributed by atoms with van der Waals surface area (Å²) in [4.78, 5) is 6.93. The molecule has 0 saturated carbocycles. The lowest BCUT2D eigenvalue weighted by Crippen LogP contribution is -2.58. The molecule has 2 aromatic rings. The van der Waals surface area contributed by atoms with E-state index in [9.17, 15) is 8.42 Å². The lowest BCUT2D eigenvalue weighted by atomic mass is 10.1. The molecule has 0 spiro atoms. The Bertz CT molecular complexity index is 892. The molecule has 0 amide bonds. The minimum Gasteiger partial charge on any atom is -0.497 e. The monoisotopic (exact) mass is 393 g/mol. The summed E-state index contributed by atoms with van der Waals surface area (Å²) in [6, 6.07) is 7.61. The lowest BCUT2D eigenvalue weighted by Gasteiger charge is -2.43. The van der Waals surface area contributed by atoms with Gasteiger partial charge in [-0.15, -0.1) is 0 Å². The van der Waals surface area contributed by atoms with Gasteiger partial charge in [0.05, 0.1) is 19.1 Å². The molecule has 1 aromatic carbocycles. The highest BCUT2D eigenvalue weighted by atomic mass is 32.2. The Morgan fingerprint density at radius 3 is 2.44 bits per heavy atom. The Kier molecular flexibility index (Phi) is 5.60. The minimum absolute atomic E-state index is 0.0815. The second kappa shape index (κ2) is 7.61. The van der Waals surface area contributed by atoms with Crippen molar-refractivity contribution in [2.24, 2.45) is 0 Å². The van der Waals surface area contributed by atoms with Gasteiger partial charge in [-0.05, 0) is 45.0 Å². The number of oxazole rings is 1. The van der Waals surface area contributed by atoms with Crippen molar-refractivity contribution in [2.75, 3.05) is 26.5 Å². The first kappa shape index (κ1) is 19.9. The second-order valence-corrected chi connectivity index (χ2v) is 9.01. The standard InChI is InChI=1S/C19H27N3O4S/c1-13-14(2)22(27(5,23)24)11-10-21(13)12-18-15(3)26-19(20-18)16-6-8-17(25-4)9-7-16/h6-9,13-14H,10-12H2,1-5H3/t13-,14-/m1/s1. The molecule has 0 N–H and O–H groups in total. The van der Waals surface area contributed by atoms with E-state index < -0.39 is 10.0 Å². The third-order valence-corrected chi connectivity index (χ3v) is 6.71. The number of hydrogen-bond acceptors (Lipinski definition) is 6. The molecule has 1 fully saturated rings. The molecule has 1 aliphatic rings. The van der Waals surface area contributed by atoms with Crippen molar-refractivity contribution in [3.05, 3.63) is 35.7 Å². The quantitative estimate of drug-likeness (QED) is 0.777. The number of aromatic nitrogens is 1. The van der Waals surface area contributed by atoms with E-state index in [4.69, 9.17) is 9.15 Å². The molecule has 0 radical (unpaired) electrons. The first-order valence-corrected chi connectivity index (χ1v) is 10.9. The maximum absolute atomic E-state index is 11.9. The number of hydrogen-bond donors (Lipinski definition) is 0. The van der Waals surface area contributed by atoms with E-state index >= 15 is 0 Å². The van der Waals surface area contributed by atoms with Gasteiger partial charge in [0.15, 0.2) is 0 Å². The van der Waals surface area contributed by atoms with Gasteiger partial charge in [-0.1, -0.05) is 0 Å². The van der Waals surface area contributed by atoms with E-state index in [2.05, 4.69) is 16.8 Å². The third kappa shape index (κ3) is 4.17. The van der Waals surface area contributed by atoms with Crippen molar-refractivity contribution >= 4 is 10.0 Å². The van der Waals surface area contributed by atoms with E-state index in [1.54, 1.807) is 11.4 Å². The first-order valence-electron chi connectivity index (χ1n) is 9.02. The minimum atomic E-state index is -3.19. The third-order valence-electron chi connectivity index (χ3n) is 5.34. The van der Waals surface area contributed by atoms with Crippen molar-refractivity contribution in [1.82, 2.24) is 14.2 Å². The molecular formula is C19H27N3O4S. The Balaban J connectivity index is 1.75.